The summed E-state index contributed by atoms with van der Waals surface area (Å²) in [6.45, 7) is 2.64. The maximum absolute atomic E-state index is 13.0. The first-order chi connectivity index (χ1) is 19.5. The Balaban J connectivity index is 1.67. The molecule has 0 spiro atoms. The number of benzene rings is 2. The number of ether oxygens (including phenoxy) is 1. The number of halogens is 2. The Morgan fingerprint density at radius 1 is 1.10 bits per heavy atom. The maximum Gasteiger partial charge on any atom is 0.330 e. The Hall–Kier alpha value is -4.03. The fourth-order valence-electron chi connectivity index (χ4n) is 4.18. The van der Waals surface area contributed by atoms with E-state index < -0.39 is 23.3 Å². The van der Waals surface area contributed by atoms with Crippen LogP contribution in [-0.4, -0.2) is 49.9 Å². The summed E-state index contributed by atoms with van der Waals surface area (Å²) in [6.07, 6.45) is 2.06. The van der Waals surface area contributed by atoms with Crippen LogP contribution in [0.25, 0.3) is 22.5 Å². The van der Waals surface area contributed by atoms with Crippen molar-refractivity contribution in [1.82, 2.24) is 24.4 Å². The highest BCUT2D eigenvalue weighted by Crippen LogP contribution is 2.40. The van der Waals surface area contributed by atoms with Gasteiger partial charge in [0.15, 0.2) is 0 Å². The second-order valence-corrected chi connectivity index (χ2v) is 10.1. The number of amides is 1. The summed E-state index contributed by atoms with van der Waals surface area (Å²) in [5, 5.41) is 15.7. The molecule has 2 aromatic carbocycles. The minimum Gasteiger partial charge on any atom is -0.496 e. The lowest BCUT2D eigenvalue weighted by atomic mass is 10.0. The van der Waals surface area contributed by atoms with Gasteiger partial charge in [-0.2, -0.15) is 0 Å². The van der Waals surface area contributed by atoms with E-state index in [-0.39, 0.29) is 21.3 Å². The van der Waals surface area contributed by atoms with Gasteiger partial charge in [-0.15, -0.1) is 0 Å². The Labute approximate surface area is 245 Å². The van der Waals surface area contributed by atoms with Crippen molar-refractivity contribution >= 4 is 34.8 Å². The fraction of sp³-hybridized carbons (Fsp3) is 0.250. The summed E-state index contributed by atoms with van der Waals surface area (Å²) >= 11 is 13.5. The molecule has 3 N–H and O–H groups in total. The van der Waals surface area contributed by atoms with Crippen LogP contribution >= 0.6 is 23.2 Å². The number of hydrogen-bond donors (Lipinski definition) is 3. The third-order valence-corrected chi connectivity index (χ3v) is 7.06. The monoisotopic (exact) mass is 598 g/mol. The highest BCUT2D eigenvalue weighted by atomic mass is 35.5. The number of anilines is 1. The van der Waals surface area contributed by atoms with Crippen LogP contribution in [0.3, 0.4) is 0 Å². The van der Waals surface area contributed by atoms with Gasteiger partial charge in [-0.05, 0) is 19.1 Å². The van der Waals surface area contributed by atoms with Crippen molar-refractivity contribution in [2.24, 2.45) is 14.1 Å². The van der Waals surface area contributed by atoms with Gasteiger partial charge in [0.1, 0.15) is 17.6 Å². The average Bonchev–Trinajstić information content (AvgIpc) is 2.95. The minimum atomic E-state index is -0.735. The number of carbonyl (C=O) groups is 1. The number of carbonyl (C=O) groups excluding carboxylic acids is 1. The summed E-state index contributed by atoms with van der Waals surface area (Å²) < 4.78 is 7.56. The zero-order valence-electron chi connectivity index (χ0n) is 22.7. The highest BCUT2D eigenvalue weighted by Gasteiger charge is 2.20. The lowest BCUT2D eigenvalue weighted by Crippen LogP contribution is -2.40. The van der Waals surface area contributed by atoms with Crippen molar-refractivity contribution in [2.45, 2.75) is 19.6 Å². The molecule has 13 heteroatoms. The van der Waals surface area contributed by atoms with Crippen molar-refractivity contribution in [1.29, 1.82) is 0 Å². The molecule has 1 atom stereocenters. The van der Waals surface area contributed by atoms with Crippen LogP contribution < -0.4 is 26.6 Å². The summed E-state index contributed by atoms with van der Waals surface area (Å²) in [5.41, 5.74) is 1.48. The SMILES string of the molecule is COc1cc(-c2ncnc(-c3cccc(NC(=O)c4cn(C)c(=O)n(C)c4=O)c3Cl)c2Cl)ccc1CNCC(C)O. The zero-order chi connectivity index (χ0) is 29.8. The summed E-state index contributed by atoms with van der Waals surface area (Å²) in [6, 6.07) is 10.5. The predicted octanol–water partition coefficient (Wildman–Crippen LogP) is 3.25. The van der Waals surface area contributed by atoms with E-state index in [1.165, 1.54) is 26.6 Å². The van der Waals surface area contributed by atoms with Gasteiger partial charge in [0, 0.05) is 50.1 Å². The van der Waals surface area contributed by atoms with Crippen LogP contribution in [0.15, 0.2) is 58.5 Å². The van der Waals surface area contributed by atoms with Gasteiger partial charge in [-0.1, -0.05) is 47.5 Å². The topological polar surface area (TPSA) is 140 Å². The Bertz CT molecular complexity index is 1730. The first-order valence-electron chi connectivity index (χ1n) is 12.5. The third-order valence-electron chi connectivity index (χ3n) is 6.30. The molecule has 11 nitrogen and oxygen atoms in total. The molecule has 214 valence electrons. The molecular weight excluding hydrogens is 571 g/mol. The molecule has 0 aliphatic rings. The lowest BCUT2D eigenvalue weighted by Gasteiger charge is -2.15. The number of nitrogens with zero attached hydrogens (tertiary/aromatic N) is 4. The number of hydrogen-bond acceptors (Lipinski definition) is 8. The lowest BCUT2D eigenvalue weighted by molar-refractivity contribution is 0.102. The Morgan fingerprint density at radius 2 is 1.83 bits per heavy atom. The summed E-state index contributed by atoms with van der Waals surface area (Å²) in [4.78, 5) is 46.2. The molecule has 0 radical (unpaired) electrons. The first-order valence-corrected chi connectivity index (χ1v) is 13.2. The molecule has 1 unspecified atom stereocenters. The summed E-state index contributed by atoms with van der Waals surface area (Å²) in [5.74, 6) is -0.117. The van der Waals surface area contributed by atoms with E-state index in [4.69, 9.17) is 27.9 Å². The number of aryl methyl sites for hydroxylation is 1. The van der Waals surface area contributed by atoms with Crippen LogP contribution in [0, 0.1) is 0 Å². The van der Waals surface area contributed by atoms with Crippen LogP contribution in [0.4, 0.5) is 5.69 Å². The molecule has 0 fully saturated rings. The van der Waals surface area contributed by atoms with E-state index in [1.54, 1.807) is 32.2 Å². The molecule has 4 aromatic rings. The van der Waals surface area contributed by atoms with E-state index >= 15 is 0 Å². The highest BCUT2D eigenvalue weighted by molar-refractivity contribution is 6.39. The fourth-order valence-corrected chi connectivity index (χ4v) is 4.75. The van der Waals surface area contributed by atoms with E-state index in [0.717, 1.165) is 14.7 Å². The van der Waals surface area contributed by atoms with Crippen molar-refractivity contribution in [3.05, 3.63) is 90.9 Å². The van der Waals surface area contributed by atoms with Gasteiger partial charge in [-0.3, -0.25) is 14.2 Å². The van der Waals surface area contributed by atoms with Gasteiger partial charge >= 0.3 is 5.69 Å². The van der Waals surface area contributed by atoms with Gasteiger partial charge in [0.25, 0.3) is 11.5 Å². The second kappa shape index (κ2) is 12.6. The Morgan fingerprint density at radius 3 is 2.54 bits per heavy atom. The zero-order valence-corrected chi connectivity index (χ0v) is 24.2. The van der Waals surface area contributed by atoms with Crippen LogP contribution in [0.2, 0.25) is 10.0 Å². The molecule has 0 aliphatic carbocycles. The molecule has 0 aliphatic heterocycles. The number of nitrogens with one attached hydrogen (secondary N) is 2. The number of aromatic nitrogens is 4. The van der Waals surface area contributed by atoms with Crippen molar-refractivity contribution < 1.29 is 14.6 Å². The second-order valence-electron chi connectivity index (χ2n) is 9.31. The molecule has 1 amide bonds. The normalized spacial score (nSPS) is 11.8. The largest absolute Gasteiger partial charge is 0.496 e. The van der Waals surface area contributed by atoms with Gasteiger partial charge in [0.2, 0.25) is 0 Å². The molecular formula is C28H28Cl2N6O5. The number of aliphatic hydroxyl groups is 1. The van der Waals surface area contributed by atoms with Crippen LogP contribution in [0.1, 0.15) is 22.8 Å². The van der Waals surface area contributed by atoms with Crippen LogP contribution in [-0.2, 0) is 20.6 Å². The molecule has 2 aromatic heterocycles. The van der Waals surface area contributed by atoms with Crippen molar-refractivity contribution in [2.75, 3.05) is 19.0 Å². The molecule has 2 heterocycles. The minimum absolute atomic E-state index is 0.145. The van der Waals surface area contributed by atoms with E-state index in [9.17, 15) is 19.5 Å². The number of methoxy groups -OCH3 is 1. The Kier molecular flexibility index (Phi) is 9.24. The van der Waals surface area contributed by atoms with Crippen molar-refractivity contribution in [3.63, 3.8) is 0 Å². The van der Waals surface area contributed by atoms with E-state index in [1.807, 2.05) is 18.2 Å². The molecule has 0 saturated carbocycles. The average molecular weight is 599 g/mol. The molecule has 4 rings (SSSR count). The molecule has 41 heavy (non-hydrogen) atoms. The van der Waals surface area contributed by atoms with E-state index in [2.05, 4.69) is 20.6 Å². The quantitative estimate of drug-likeness (QED) is 0.267. The molecule has 0 bridgehead atoms. The van der Waals surface area contributed by atoms with Gasteiger partial charge < -0.3 is 25.0 Å². The predicted molar refractivity (Wildman–Crippen MR) is 158 cm³/mol. The number of rotatable bonds is 9. The van der Waals surface area contributed by atoms with E-state index in [0.29, 0.717) is 41.4 Å². The smallest absolute Gasteiger partial charge is 0.330 e. The van der Waals surface area contributed by atoms with Crippen LogP contribution in [0.5, 0.6) is 5.75 Å². The first kappa shape index (κ1) is 29.9. The molecule has 0 saturated heterocycles. The maximum atomic E-state index is 13.0. The number of aliphatic hydroxyl groups excluding tert-OH is 1. The van der Waals surface area contributed by atoms with Crippen molar-refractivity contribution in [3.8, 4) is 28.3 Å². The summed E-state index contributed by atoms with van der Waals surface area (Å²) in [7, 11) is 4.30. The van der Waals surface area contributed by atoms with Gasteiger partial charge in [-0.25, -0.2) is 14.8 Å². The standard InChI is InChI=1S/C28H28Cl2N6O5/c1-15(37)11-31-12-17-9-8-16(10-21(17)41-4)24-23(30)25(33-14-32-24)18-6-5-7-20(22(18)29)34-26(38)19-13-35(2)28(40)36(3)27(19)39/h5-10,13-15,31,37H,11-12H2,1-4H3,(H,34,38). The van der Waals surface area contributed by atoms with Gasteiger partial charge in [0.05, 0.1) is 40.3 Å². The third kappa shape index (κ3) is 6.33.